The number of carbonyl (C=O) groups excluding carboxylic acids is 1. The molecule has 7 heteroatoms. The van der Waals surface area contributed by atoms with Crippen molar-refractivity contribution in [2.24, 2.45) is 5.92 Å². The van der Waals surface area contributed by atoms with Gasteiger partial charge in [-0.15, -0.1) is 0 Å². The van der Waals surface area contributed by atoms with Gasteiger partial charge in [0.2, 0.25) is 5.88 Å². The Morgan fingerprint density at radius 2 is 1.78 bits per heavy atom. The first-order chi connectivity index (χ1) is 15.7. The lowest BCUT2D eigenvalue weighted by Crippen LogP contribution is -2.52. The van der Waals surface area contributed by atoms with Crippen molar-refractivity contribution >= 4 is 11.8 Å². The molecule has 3 aliphatic rings. The van der Waals surface area contributed by atoms with Gasteiger partial charge in [-0.3, -0.25) is 10.2 Å². The van der Waals surface area contributed by atoms with Crippen LogP contribution in [0.4, 0.5) is 10.5 Å². The number of nitrogens with zero attached hydrogens (tertiary/aromatic N) is 3. The quantitative estimate of drug-likeness (QED) is 0.626. The molecule has 3 fully saturated rings. The number of carbonyl (C=O) groups is 1. The van der Waals surface area contributed by atoms with Crippen LogP contribution in [-0.2, 0) is 11.3 Å². The highest BCUT2D eigenvalue weighted by molar-refractivity contribution is 5.85. The lowest BCUT2D eigenvalue weighted by molar-refractivity contribution is -0.0101. The van der Waals surface area contributed by atoms with Crippen LogP contribution in [0.3, 0.4) is 0 Å². The molecule has 2 bridgehead atoms. The molecular weight excluding hydrogens is 404 g/mol. The third kappa shape index (κ3) is 4.89. The third-order valence-corrected chi connectivity index (χ3v) is 6.14. The van der Waals surface area contributed by atoms with Crippen molar-refractivity contribution < 1.29 is 14.3 Å². The molecule has 3 aromatic rings. The van der Waals surface area contributed by atoms with Gasteiger partial charge in [-0.05, 0) is 49.5 Å². The molecule has 1 amide bonds. The predicted molar refractivity (Wildman–Crippen MR) is 121 cm³/mol. The molecule has 6 rings (SSSR count). The molecule has 0 unspecified atom stereocenters. The smallest absolute Gasteiger partial charge is 0.411 e. The average Bonchev–Trinajstić information content (AvgIpc) is 2.85. The summed E-state index contributed by atoms with van der Waals surface area (Å²) in [7, 11) is 0. The van der Waals surface area contributed by atoms with Crippen LogP contribution in [0.1, 0.15) is 18.4 Å². The van der Waals surface area contributed by atoms with Gasteiger partial charge in [0.25, 0.3) is 0 Å². The van der Waals surface area contributed by atoms with Crippen molar-refractivity contribution in [2.45, 2.75) is 25.6 Å². The zero-order chi connectivity index (χ0) is 21.8. The Kier molecular flexibility index (Phi) is 5.98. The van der Waals surface area contributed by atoms with E-state index >= 15 is 0 Å². The average molecular weight is 431 g/mol. The Bertz CT molecular complexity index is 1030. The molecule has 2 aromatic carbocycles. The molecule has 164 valence electrons. The Morgan fingerprint density at radius 3 is 2.44 bits per heavy atom. The standard InChI is InChI=1S/C25H26N4O3/c30-25(31-17-18-4-2-1-3-5-18)28-21-8-6-19(7-9-21)22-14-27-24(15-26-22)32-23-16-29-12-10-20(23)11-13-29/h1-9,14-15,20,23H,10-13,16-17H2,(H,28,30)/t23-/m0/s1. The van der Waals surface area contributed by atoms with E-state index in [9.17, 15) is 4.79 Å². The minimum absolute atomic E-state index is 0.213. The zero-order valence-electron chi connectivity index (χ0n) is 17.8. The van der Waals surface area contributed by atoms with Gasteiger partial charge in [-0.1, -0.05) is 42.5 Å². The van der Waals surface area contributed by atoms with E-state index in [1.807, 2.05) is 54.6 Å². The number of benzene rings is 2. The van der Waals surface area contributed by atoms with Crippen LogP contribution >= 0.6 is 0 Å². The largest absolute Gasteiger partial charge is 0.472 e. The summed E-state index contributed by atoms with van der Waals surface area (Å²) in [5, 5.41) is 2.74. The van der Waals surface area contributed by atoms with Crippen LogP contribution in [-0.4, -0.2) is 46.7 Å². The minimum atomic E-state index is -0.490. The van der Waals surface area contributed by atoms with Crippen molar-refractivity contribution in [1.29, 1.82) is 0 Å². The second-order valence-corrected chi connectivity index (χ2v) is 8.30. The van der Waals surface area contributed by atoms with Crippen molar-refractivity contribution in [2.75, 3.05) is 25.0 Å². The van der Waals surface area contributed by atoms with E-state index in [2.05, 4.69) is 20.2 Å². The van der Waals surface area contributed by atoms with Gasteiger partial charge in [-0.2, -0.15) is 0 Å². The van der Waals surface area contributed by atoms with Crippen LogP contribution in [0.5, 0.6) is 5.88 Å². The zero-order valence-corrected chi connectivity index (χ0v) is 17.8. The van der Waals surface area contributed by atoms with Gasteiger partial charge in [0.05, 0.1) is 18.1 Å². The highest BCUT2D eigenvalue weighted by Crippen LogP contribution is 2.30. The molecule has 3 aliphatic heterocycles. The third-order valence-electron chi connectivity index (χ3n) is 6.14. The Labute approximate surface area is 187 Å². The number of piperidine rings is 3. The first-order valence-corrected chi connectivity index (χ1v) is 11.0. The van der Waals surface area contributed by atoms with E-state index in [1.54, 1.807) is 12.4 Å². The summed E-state index contributed by atoms with van der Waals surface area (Å²) in [5.41, 5.74) is 3.26. The number of amides is 1. The lowest BCUT2D eigenvalue weighted by Gasteiger charge is -2.44. The van der Waals surface area contributed by atoms with Crippen LogP contribution in [0, 0.1) is 5.92 Å². The molecule has 0 radical (unpaired) electrons. The van der Waals surface area contributed by atoms with E-state index < -0.39 is 6.09 Å². The fourth-order valence-corrected chi connectivity index (χ4v) is 4.33. The van der Waals surface area contributed by atoms with Crippen LogP contribution < -0.4 is 10.1 Å². The molecule has 1 atom stereocenters. The van der Waals surface area contributed by atoms with E-state index in [0.717, 1.165) is 23.4 Å². The second kappa shape index (κ2) is 9.36. The second-order valence-electron chi connectivity index (χ2n) is 8.30. The van der Waals surface area contributed by atoms with Crippen molar-refractivity contribution in [3.05, 3.63) is 72.6 Å². The van der Waals surface area contributed by atoms with Crippen molar-refractivity contribution in [1.82, 2.24) is 14.9 Å². The van der Waals surface area contributed by atoms with E-state index in [1.165, 1.54) is 25.9 Å². The molecule has 1 N–H and O–H groups in total. The number of hydrogen-bond acceptors (Lipinski definition) is 6. The highest BCUT2D eigenvalue weighted by atomic mass is 16.5. The molecule has 32 heavy (non-hydrogen) atoms. The number of aromatic nitrogens is 2. The van der Waals surface area contributed by atoms with Crippen LogP contribution in [0.15, 0.2) is 67.0 Å². The number of rotatable bonds is 6. The topological polar surface area (TPSA) is 76.6 Å². The predicted octanol–water partition coefficient (Wildman–Crippen LogP) is 4.37. The summed E-state index contributed by atoms with van der Waals surface area (Å²) >= 11 is 0. The summed E-state index contributed by atoms with van der Waals surface area (Å²) < 4.78 is 11.4. The summed E-state index contributed by atoms with van der Waals surface area (Å²) in [6.45, 7) is 3.58. The van der Waals surface area contributed by atoms with E-state index in [4.69, 9.17) is 9.47 Å². The minimum Gasteiger partial charge on any atom is -0.472 e. The lowest BCUT2D eigenvalue weighted by atomic mass is 9.86. The first-order valence-electron chi connectivity index (χ1n) is 11.0. The molecule has 0 aliphatic carbocycles. The summed E-state index contributed by atoms with van der Waals surface area (Å²) in [5.74, 6) is 1.20. The Morgan fingerprint density at radius 1 is 1.00 bits per heavy atom. The van der Waals surface area contributed by atoms with Crippen LogP contribution in [0.2, 0.25) is 0 Å². The van der Waals surface area contributed by atoms with Crippen molar-refractivity contribution in [3.8, 4) is 17.1 Å². The van der Waals surface area contributed by atoms with E-state index in [0.29, 0.717) is 17.5 Å². The number of anilines is 1. The number of ether oxygens (including phenoxy) is 2. The Balaban J connectivity index is 1.14. The number of hydrogen-bond donors (Lipinski definition) is 1. The van der Waals surface area contributed by atoms with Gasteiger partial charge in [0.1, 0.15) is 12.7 Å². The molecule has 0 saturated carbocycles. The molecule has 1 aromatic heterocycles. The van der Waals surface area contributed by atoms with Gasteiger partial charge in [0.15, 0.2) is 0 Å². The van der Waals surface area contributed by atoms with Gasteiger partial charge in [-0.25, -0.2) is 14.8 Å². The first kappa shape index (κ1) is 20.5. The molecule has 3 saturated heterocycles. The number of fused-ring (bicyclic) bond motifs is 3. The van der Waals surface area contributed by atoms with Gasteiger partial charge >= 0.3 is 6.09 Å². The molecule has 4 heterocycles. The molecular formula is C25H26N4O3. The normalized spacial score (nSPS) is 21.7. The fourth-order valence-electron chi connectivity index (χ4n) is 4.33. The maximum absolute atomic E-state index is 12.0. The highest BCUT2D eigenvalue weighted by Gasteiger charge is 2.35. The Hall–Kier alpha value is -3.45. The summed E-state index contributed by atoms with van der Waals surface area (Å²) in [6.07, 6.45) is 5.56. The molecule has 7 nitrogen and oxygen atoms in total. The summed E-state index contributed by atoms with van der Waals surface area (Å²) in [6, 6.07) is 17.0. The fraction of sp³-hybridized carbons (Fsp3) is 0.320. The van der Waals surface area contributed by atoms with Gasteiger partial charge < -0.3 is 9.47 Å². The van der Waals surface area contributed by atoms with Gasteiger partial charge in [0, 0.05) is 17.8 Å². The SMILES string of the molecule is O=C(Nc1ccc(-c2cnc(O[C@H]3CN4CCC3CC4)cn2)cc1)OCc1ccccc1. The van der Waals surface area contributed by atoms with Crippen LogP contribution in [0.25, 0.3) is 11.3 Å². The number of nitrogens with one attached hydrogen (secondary N) is 1. The molecule has 0 spiro atoms. The summed E-state index contributed by atoms with van der Waals surface area (Å²) in [4.78, 5) is 23.5. The van der Waals surface area contributed by atoms with Crippen molar-refractivity contribution in [3.63, 3.8) is 0 Å². The monoisotopic (exact) mass is 430 g/mol. The maximum Gasteiger partial charge on any atom is 0.411 e. The maximum atomic E-state index is 12.0. The van der Waals surface area contributed by atoms with E-state index in [-0.39, 0.29) is 12.7 Å².